The fourth-order valence-corrected chi connectivity index (χ4v) is 4.62. The Bertz CT molecular complexity index is 631. The summed E-state index contributed by atoms with van der Waals surface area (Å²) in [6.45, 7) is 0.230. The van der Waals surface area contributed by atoms with E-state index in [4.69, 9.17) is 9.84 Å². The van der Waals surface area contributed by atoms with E-state index in [-0.39, 0.29) is 18.0 Å². The van der Waals surface area contributed by atoms with Gasteiger partial charge in [0, 0.05) is 17.6 Å². The lowest BCUT2D eigenvalue weighted by Gasteiger charge is -2.17. The van der Waals surface area contributed by atoms with E-state index in [0.717, 1.165) is 0 Å². The maximum Gasteiger partial charge on any atom is 0.307 e. The summed E-state index contributed by atoms with van der Waals surface area (Å²) >= 11 is 3.21. The zero-order valence-electron chi connectivity index (χ0n) is 10.7. The van der Waals surface area contributed by atoms with Gasteiger partial charge in [-0.2, -0.15) is 4.31 Å². The Kier molecular flexibility index (Phi) is 4.36. The average molecular weight is 364 g/mol. The van der Waals surface area contributed by atoms with Crippen LogP contribution in [0.15, 0.2) is 27.6 Å². The maximum absolute atomic E-state index is 12.5. The highest BCUT2D eigenvalue weighted by molar-refractivity contribution is 9.10. The Hall–Kier alpha value is -1.12. The minimum Gasteiger partial charge on any atom is -0.497 e. The van der Waals surface area contributed by atoms with Gasteiger partial charge in [-0.15, -0.1) is 0 Å². The second-order valence-electron chi connectivity index (χ2n) is 4.48. The first-order chi connectivity index (χ1) is 9.36. The van der Waals surface area contributed by atoms with Crippen LogP contribution >= 0.6 is 15.9 Å². The summed E-state index contributed by atoms with van der Waals surface area (Å²) in [5.74, 6) is -1.06. The highest BCUT2D eigenvalue weighted by atomic mass is 79.9. The number of ether oxygens (including phenoxy) is 1. The molecule has 1 atom stereocenters. The molecule has 1 aliphatic rings. The number of aliphatic carboxylic acids is 1. The summed E-state index contributed by atoms with van der Waals surface area (Å²) in [5.41, 5.74) is 0. The van der Waals surface area contributed by atoms with E-state index in [0.29, 0.717) is 16.6 Å². The molecule has 0 bridgehead atoms. The van der Waals surface area contributed by atoms with Crippen molar-refractivity contribution in [2.24, 2.45) is 5.92 Å². The molecule has 0 aliphatic carbocycles. The number of carboxylic acid groups (broad SMARTS) is 1. The second kappa shape index (κ2) is 5.71. The van der Waals surface area contributed by atoms with Gasteiger partial charge < -0.3 is 9.84 Å². The monoisotopic (exact) mass is 363 g/mol. The summed E-state index contributed by atoms with van der Waals surface area (Å²) in [7, 11) is -2.20. The Morgan fingerprint density at radius 3 is 2.70 bits per heavy atom. The molecule has 6 nitrogen and oxygen atoms in total. The van der Waals surface area contributed by atoms with Gasteiger partial charge in [-0.3, -0.25) is 4.79 Å². The van der Waals surface area contributed by atoms with Crippen molar-refractivity contribution in [3.05, 3.63) is 22.7 Å². The number of carboxylic acids is 1. The first kappa shape index (κ1) is 15.3. The molecule has 1 aromatic carbocycles. The van der Waals surface area contributed by atoms with Gasteiger partial charge in [0.15, 0.2) is 0 Å². The first-order valence-electron chi connectivity index (χ1n) is 5.92. The normalized spacial score (nSPS) is 20.0. The molecule has 2 rings (SSSR count). The van der Waals surface area contributed by atoms with Crippen LogP contribution in [0, 0.1) is 5.92 Å². The van der Waals surface area contributed by atoms with Crippen LogP contribution in [-0.2, 0) is 14.8 Å². The number of carbonyl (C=O) groups is 1. The molecule has 110 valence electrons. The smallest absolute Gasteiger partial charge is 0.307 e. The van der Waals surface area contributed by atoms with Crippen LogP contribution in [0.4, 0.5) is 0 Å². The predicted octanol–water partition coefficient (Wildman–Crippen LogP) is 1.55. The molecule has 0 aromatic heterocycles. The fourth-order valence-electron chi connectivity index (χ4n) is 2.10. The van der Waals surface area contributed by atoms with Crippen molar-refractivity contribution < 1.29 is 23.1 Å². The van der Waals surface area contributed by atoms with Crippen molar-refractivity contribution in [3.8, 4) is 5.75 Å². The Balaban J connectivity index is 2.30. The quantitative estimate of drug-likeness (QED) is 0.877. The second-order valence-corrected chi connectivity index (χ2v) is 7.24. The van der Waals surface area contributed by atoms with Gasteiger partial charge in [0.05, 0.1) is 17.9 Å². The Morgan fingerprint density at radius 1 is 1.50 bits per heavy atom. The van der Waals surface area contributed by atoms with Crippen LogP contribution in [0.2, 0.25) is 0 Å². The van der Waals surface area contributed by atoms with Crippen molar-refractivity contribution >= 4 is 31.9 Å². The topological polar surface area (TPSA) is 83.9 Å². The fraction of sp³-hybridized carbons (Fsp3) is 0.417. The van der Waals surface area contributed by atoms with Gasteiger partial charge in [-0.25, -0.2) is 8.42 Å². The molecule has 8 heteroatoms. The number of benzene rings is 1. The van der Waals surface area contributed by atoms with E-state index >= 15 is 0 Å². The van der Waals surface area contributed by atoms with Gasteiger partial charge in [0.1, 0.15) is 5.75 Å². The summed E-state index contributed by atoms with van der Waals surface area (Å²) < 4.78 is 31.6. The number of methoxy groups -OCH3 is 1. The standard InChI is InChI=1S/C12H14BrNO5S/c1-19-9-2-3-11(10(13)6-9)20(17,18)14-5-4-8(7-14)12(15)16/h2-3,6,8H,4-5,7H2,1H3,(H,15,16). The number of nitrogens with zero attached hydrogens (tertiary/aromatic N) is 1. The van der Waals surface area contributed by atoms with Crippen LogP contribution in [-0.4, -0.2) is 44.0 Å². The van der Waals surface area contributed by atoms with E-state index in [9.17, 15) is 13.2 Å². The third-order valence-corrected chi connectivity index (χ3v) is 6.10. The van der Waals surface area contributed by atoms with E-state index in [2.05, 4.69) is 15.9 Å². The SMILES string of the molecule is COc1ccc(S(=O)(=O)N2CCC(C(=O)O)C2)c(Br)c1. The van der Waals surface area contributed by atoms with Crippen LogP contribution in [0.5, 0.6) is 5.75 Å². The van der Waals surface area contributed by atoms with E-state index in [1.54, 1.807) is 12.1 Å². The van der Waals surface area contributed by atoms with E-state index in [1.165, 1.54) is 17.5 Å². The Labute approximate surface area is 125 Å². The van der Waals surface area contributed by atoms with Crippen molar-refractivity contribution in [2.45, 2.75) is 11.3 Å². The van der Waals surface area contributed by atoms with Gasteiger partial charge in [0.2, 0.25) is 10.0 Å². The Morgan fingerprint density at radius 2 is 2.20 bits per heavy atom. The van der Waals surface area contributed by atoms with Gasteiger partial charge in [0.25, 0.3) is 0 Å². The highest BCUT2D eigenvalue weighted by Gasteiger charge is 2.36. The van der Waals surface area contributed by atoms with Crippen LogP contribution in [0.25, 0.3) is 0 Å². The zero-order chi connectivity index (χ0) is 14.9. The molecular weight excluding hydrogens is 350 g/mol. The first-order valence-corrected chi connectivity index (χ1v) is 8.16. The van der Waals surface area contributed by atoms with Gasteiger partial charge in [-0.1, -0.05) is 0 Å². The molecule has 1 aliphatic heterocycles. The van der Waals surface area contributed by atoms with Crippen LogP contribution in [0.3, 0.4) is 0 Å². The maximum atomic E-state index is 12.5. The minimum absolute atomic E-state index is 0.0101. The third kappa shape index (κ3) is 2.82. The van der Waals surface area contributed by atoms with Crippen molar-refractivity contribution in [3.63, 3.8) is 0 Å². The molecule has 1 unspecified atom stereocenters. The molecule has 0 radical (unpaired) electrons. The summed E-state index contributed by atoms with van der Waals surface area (Å²) in [6.07, 6.45) is 0.336. The van der Waals surface area contributed by atoms with Gasteiger partial charge >= 0.3 is 5.97 Å². The van der Waals surface area contributed by atoms with Crippen LogP contribution < -0.4 is 4.74 Å². The molecule has 0 amide bonds. The molecule has 1 fully saturated rings. The average Bonchev–Trinajstić information content (AvgIpc) is 2.88. The number of hydrogen-bond acceptors (Lipinski definition) is 4. The molecule has 0 spiro atoms. The van der Waals surface area contributed by atoms with E-state index < -0.39 is 21.9 Å². The lowest BCUT2D eigenvalue weighted by atomic mass is 10.1. The minimum atomic E-state index is -3.69. The number of hydrogen-bond donors (Lipinski definition) is 1. The third-order valence-electron chi connectivity index (χ3n) is 3.26. The lowest BCUT2D eigenvalue weighted by Crippen LogP contribution is -2.30. The lowest BCUT2D eigenvalue weighted by molar-refractivity contribution is -0.141. The highest BCUT2D eigenvalue weighted by Crippen LogP contribution is 2.31. The molecule has 1 saturated heterocycles. The molecule has 1 aromatic rings. The van der Waals surface area contributed by atoms with E-state index in [1.807, 2.05) is 0 Å². The largest absolute Gasteiger partial charge is 0.497 e. The van der Waals surface area contributed by atoms with Gasteiger partial charge in [-0.05, 0) is 40.5 Å². The van der Waals surface area contributed by atoms with Crippen LogP contribution in [0.1, 0.15) is 6.42 Å². The molecule has 1 heterocycles. The van der Waals surface area contributed by atoms with Crippen molar-refractivity contribution in [1.82, 2.24) is 4.31 Å². The predicted molar refractivity (Wildman–Crippen MR) is 75.2 cm³/mol. The summed E-state index contributed by atoms with van der Waals surface area (Å²) in [5, 5.41) is 8.94. The summed E-state index contributed by atoms with van der Waals surface area (Å²) in [4.78, 5) is 11.0. The number of sulfonamides is 1. The number of rotatable bonds is 4. The number of halogens is 1. The van der Waals surface area contributed by atoms with Crippen molar-refractivity contribution in [2.75, 3.05) is 20.2 Å². The molecule has 0 saturated carbocycles. The zero-order valence-corrected chi connectivity index (χ0v) is 13.1. The molecule has 1 N–H and O–H groups in total. The molecular formula is C12H14BrNO5S. The summed E-state index contributed by atoms with van der Waals surface area (Å²) in [6, 6.07) is 4.58. The molecule has 20 heavy (non-hydrogen) atoms. The van der Waals surface area contributed by atoms with Crippen molar-refractivity contribution in [1.29, 1.82) is 0 Å².